The van der Waals surface area contributed by atoms with E-state index in [1.165, 1.54) is 10.8 Å². The predicted octanol–water partition coefficient (Wildman–Crippen LogP) is 6.04. The number of rotatable bonds is 13. The van der Waals surface area contributed by atoms with Crippen molar-refractivity contribution in [2.75, 3.05) is 19.8 Å². The summed E-state index contributed by atoms with van der Waals surface area (Å²) >= 11 is 0. The van der Waals surface area contributed by atoms with Crippen molar-refractivity contribution in [1.29, 1.82) is 0 Å². The Morgan fingerprint density at radius 1 is 1.00 bits per heavy atom. The summed E-state index contributed by atoms with van der Waals surface area (Å²) in [6.45, 7) is 19.1. The summed E-state index contributed by atoms with van der Waals surface area (Å²) < 4.78 is 42.8. The van der Waals surface area contributed by atoms with E-state index in [9.17, 15) is 9.59 Å². The summed E-state index contributed by atoms with van der Waals surface area (Å²) in [6, 6.07) is 9.53. The molecule has 4 atom stereocenters. The Bertz CT molecular complexity index is 1490. The maximum absolute atomic E-state index is 14.0. The van der Waals surface area contributed by atoms with Gasteiger partial charge < -0.3 is 27.2 Å². The van der Waals surface area contributed by atoms with Crippen LogP contribution in [-0.2, 0) is 40.5 Å². The van der Waals surface area contributed by atoms with Crippen LogP contribution in [0.15, 0.2) is 51.2 Å². The molecule has 47 heavy (non-hydrogen) atoms. The lowest BCUT2D eigenvalue weighted by atomic mass is 10.1. The SMILES string of the molecule is Cc1cn([C@@H]2O[C@@H]3CO[Si](C(C)C)(C(C)C)O[Si](C(C)C)(C(C)C)O[C@H]3[C@H]2OCCN=[N+]=[N-])c(=O)n(COCc2ccccc2)c1=O. The largest absolute Gasteiger partial charge is 0.414 e. The minimum atomic E-state index is -3.06. The zero-order valence-corrected chi connectivity index (χ0v) is 31.1. The van der Waals surface area contributed by atoms with E-state index < -0.39 is 52.9 Å². The molecular formula is C32H51N5O8Si2. The monoisotopic (exact) mass is 689 g/mol. The molecule has 13 nitrogen and oxygen atoms in total. The number of nitrogens with zero attached hydrogens (tertiary/aromatic N) is 5. The molecule has 0 amide bonds. The van der Waals surface area contributed by atoms with Gasteiger partial charge in [0.05, 0.1) is 19.8 Å². The van der Waals surface area contributed by atoms with E-state index in [0.717, 1.165) is 10.1 Å². The number of aromatic nitrogens is 2. The van der Waals surface area contributed by atoms with Gasteiger partial charge in [0, 0.05) is 23.2 Å². The van der Waals surface area contributed by atoms with E-state index in [2.05, 4.69) is 65.4 Å². The van der Waals surface area contributed by atoms with Crippen LogP contribution in [0.4, 0.5) is 0 Å². The van der Waals surface area contributed by atoms with Crippen molar-refractivity contribution in [1.82, 2.24) is 9.13 Å². The van der Waals surface area contributed by atoms with E-state index in [1.807, 2.05) is 30.3 Å². The summed E-state index contributed by atoms with van der Waals surface area (Å²) in [5.74, 6) is 0. The summed E-state index contributed by atoms with van der Waals surface area (Å²) in [7, 11) is -5.90. The molecule has 1 aromatic carbocycles. The molecule has 2 aliphatic heterocycles. The van der Waals surface area contributed by atoms with Gasteiger partial charge in [0.15, 0.2) is 6.23 Å². The molecule has 2 aliphatic rings. The van der Waals surface area contributed by atoms with Crippen LogP contribution in [0.2, 0.25) is 22.2 Å². The van der Waals surface area contributed by atoms with Crippen molar-refractivity contribution in [3.63, 3.8) is 0 Å². The Morgan fingerprint density at radius 2 is 1.64 bits per heavy atom. The van der Waals surface area contributed by atoms with Crippen molar-refractivity contribution in [2.45, 2.75) is 122 Å². The highest BCUT2D eigenvalue weighted by Gasteiger charge is 2.62. The van der Waals surface area contributed by atoms with Gasteiger partial charge in [-0.25, -0.2) is 9.36 Å². The second-order valence-electron chi connectivity index (χ2n) is 13.6. The lowest BCUT2D eigenvalue weighted by molar-refractivity contribution is -0.0732. The van der Waals surface area contributed by atoms with Crippen LogP contribution >= 0.6 is 0 Å². The Kier molecular flexibility index (Phi) is 12.5. The highest BCUT2D eigenvalue weighted by atomic mass is 28.5. The van der Waals surface area contributed by atoms with Crippen LogP contribution in [0.1, 0.15) is 72.7 Å². The van der Waals surface area contributed by atoms with Crippen LogP contribution in [0.25, 0.3) is 10.4 Å². The van der Waals surface area contributed by atoms with Crippen molar-refractivity contribution in [3.05, 3.63) is 78.9 Å². The van der Waals surface area contributed by atoms with Crippen LogP contribution < -0.4 is 11.2 Å². The zero-order chi connectivity index (χ0) is 34.5. The summed E-state index contributed by atoms with van der Waals surface area (Å²) in [5, 5.41) is 3.64. The third kappa shape index (κ3) is 7.68. The van der Waals surface area contributed by atoms with Gasteiger partial charge >= 0.3 is 22.8 Å². The number of azide groups is 1. The minimum Gasteiger partial charge on any atom is -0.414 e. The fourth-order valence-electron chi connectivity index (χ4n) is 6.68. The molecule has 0 unspecified atom stereocenters. The fourth-order valence-corrected chi connectivity index (χ4v) is 17.9. The first-order valence-corrected chi connectivity index (χ1v) is 20.5. The maximum atomic E-state index is 14.0. The normalized spacial score (nSPS) is 23.9. The molecule has 15 heteroatoms. The van der Waals surface area contributed by atoms with E-state index in [1.54, 1.807) is 6.92 Å². The maximum Gasteiger partial charge on any atom is 0.335 e. The molecular weight excluding hydrogens is 639 g/mol. The second-order valence-corrected chi connectivity index (χ2v) is 22.5. The average Bonchev–Trinajstić information content (AvgIpc) is 3.34. The predicted molar refractivity (Wildman–Crippen MR) is 182 cm³/mol. The summed E-state index contributed by atoms with van der Waals surface area (Å²) in [5.41, 5.74) is 9.50. The van der Waals surface area contributed by atoms with Crippen LogP contribution in [0.3, 0.4) is 0 Å². The summed E-state index contributed by atoms with van der Waals surface area (Å²) in [4.78, 5) is 30.1. The van der Waals surface area contributed by atoms with E-state index in [4.69, 9.17) is 32.7 Å². The van der Waals surface area contributed by atoms with Crippen molar-refractivity contribution < 1.29 is 27.2 Å². The number of ether oxygens (including phenoxy) is 3. The third-order valence-corrected chi connectivity index (χ3v) is 19.4. The average molecular weight is 690 g/mol. The van der Waals surface area contributed by atoms with Gasteiger partial charge in [0.25, 0.3) is 5.56 Å². The second kappa shape index (κ2) is 15.7. The highest BCUT2D eigenvalue weighted by Crippen LogP contribution is 2.48. The molecule has 260 valence electrons. The van der Waals surface area contributed by atoms with Gasteiger partial charge in [-0.05, 0) is 40.2 Å². The molecule has 0 aliphatic carbocycles. The fraction of sp³-hybridized carbons (Fsp3) is 0.688. The van der Waals surface area contributed by atoms with Crippen LogP contribution in [0, 0.1) is 6.92 Å². The standard InChI is InChI=1S/C32H51N5O8Si2/c1-21(2)46(22(3)4)42-19-27-28(44-47(45-46,23(5)6)24(7)8)29(41-16-15-34-35-33)31(43-27)36-17-25(9)30(38)37(32(36)39)20-40-18-26-13-11-10-12-14-26/h10-14,17,21-24,27-29,31H,15-16,18-20H2,1-9H3/t27-,28-,29-,31-/m1/s1. The number of aryl methyl sites for hydroxylation is 1. The van der Waals surface area contributed by atoms with E-state index >= 15 is 0 Å². The van der Waals surface area contributed by atoms with Crippen molar-refractivity contribution in [3.8, 4) is 0 Å². The van der Waals surface area contributed by atoms with Gasteiger partial charge in [-0.3, -0.25) is 9.36 Å². The van der Waals surface area contributed by atoms with Gasteiger partial charge in [-0.1, -0.05) is 90.8 Å². The lowest BCUT2D eigenvalue weighted by Crippen LogP contribution is -2.66. The molecule has 3 heterocycles. The first kappa shape index (κ1) is 37.2. The minimum absolute atomic E-state index is 0.0609. The topological polar surface area (TPSA) is 148 Å². The number of hydrogen-bond donors (Lipinski definition) is 0. The molecule has 4 rings (SSSR count). The lowest BCUT2D eigenvalue weighted by Gasteiger charge is -2.51. The Morgan fingerprint density at radius 3 is 2.23 bits per heavy atom. The molecule has 2 fully saturated rings. The molecule has 2 aromatic rings. The molecule has 0 bridgehead atoms. The quantitative estimate of drug-likeness (QED) is 0.0813. The number of fused-ring (bicyclic) bond motifs is 1. The first-order valence-electron chi connectivity index (χ1n) is 16.5. The number of benzene rings is 1. The number of hydrogen-bond acceptors (Lipinski definition) is 9. The zero-order valence-electron chi connectivity index (χ0n) is 29.1. The van der Waals surface area contributed by atoms with Gasteiger partial charge in [-0.2, -0.15) is 0 Å². The smallest absolute Gasteiger partial charge is 0.335 e. The van der Waals surface area contributed by atoms with Crippen LogP contribution in [0.5, 0.6) is 0 Å². The van der Waals surface area contributed by atoms with Crippen LogP contribution in [-0.4, -0.2) is 64.3 Å². The Balaban J connectivity index is 1.78. The van der Waals surface area contributed by atoms with Gasteiger partial charge in [0.2, 0.25) is 0 Å². The van der Waals surface area contributed by atoms with Gasteiger partial charge in [0.1, 0.15) is 25.0 Å². The first-order chi connectivity index (χ1) is 22.3. The molecule has 0 saturated carbocycles. The third-order valence-electron chi connectivity index (χ3n) is 9.15. The molecule has 1 aromatic heterocycles. The molecule has 0 spiro atoms. The Labute approximate surface area is 279 Å². The van der Waals surface area contributed by atoms with Crippen molar-refractivity contribution >= 4 is 17.1 Å². The van der Waals surface area contributed by atoms with E-state index in [-0.39, 0.29) is 55.3 Å². The summed E-state index contributed by atoms with van der Waals surface area (Å²) in [6.07, 6.45) is -1.52. The van der Waals surface area contributed by atoms with E-state index in [0.29, 0.717) is 5.56 Å². The highest BCUT2D eigenvalue weighted by molar-refractivity contribution is 6.84. The Hall–Kier alpha value is -2.60. The van der Waals surface area contributed by atoms with Crippen molar-refractivity contribution in [2.24, 2.45) is 5.11 Å². The van der Waals surface area contributed by atoms with Gasteiger partial charge in [-0.15, -0.1) is 0 Å². The molecule has 0 radical (unpaired) electrons. The molecule has 2 saturated heterocycles. The molecule has 0 N–H and O–H groups in total.